The molecule has 1 aromatic rings. The molecule has 2 aliphatic rings. The number of likely N-dealkylation sites (tertiary alicyclic amines) is 1. The Morgan fingerprint density at radius 3 is 1.85 bits per heavy atom. The van der Waals surface area contributed by atoms with E-state index in [1.54, 1.807) is 17.0 Å². The summed E-state index contributed by atoms with van der Waals surface area (Å²) in [7, 11) is 0. The first-order chi connectivity index (χ1) is 13.1. The van der Waals surface area contributed by atoms with Crippen LogP contribution in [0.3, 0.4) is 0 Å². The molecule has 0 radical (unpaired) electrons. The molecule has 0 spiro atoms. The van der Waals surface area contributed by atoms with Gasteiger partial charge >= 0.3 is 0 Å². The molecule has 0 unspecified atom stereocenters. The lowest BCUT2D eigenvalue weighted by Crippen LogP contribution is -2.50. The number of hydrogen-bond donors (Lipinski definition) is 0. The molecule has 2 amide bonds. The third kappa shape index (κ3) is 5.66. The van der Waals surface area contributed by atoms with Gasteiger partial charge in [-0.25, -0.2) is 4.39 Å². The number of carbonyl (C=O) groups is 2. The molecule has 27 heavy (non-hydrogen) atoms. The number of hydrogen-bond acceptors (Lipinski definition) is 4. The number of halogens is 1. The number of carbonyl (C=O) groups excluding carboxylic acids is 2. The zero-order chi connectivity index (χ0) is 19.1. The Bertz CT molecular complexity index is 622. The van der Waals surface area contributed by atoms with Gasteiger partial charge in [0.15, 0.2) is 0 Å². The van der Waals surface area contributed by atoms with E-state index in [-0.39, 0.29) is 30.8 Å². The largest absolute Gasteiger partial charge is 0.368 e. The lowest BCUT2D eigenvalue weighted by molar-refractivity contribution is -0.142. The van der Waals surface area contributed by atoms with E-state index in [1.807, 2.05) is 4.90 Å². The van der Waals surface area contributed by atoms with Crippen molar-refractivity contribution in [3.05, 3.63) is 30.1 Å². The molecule has 0 bridgehead atoms. The molecule has 3 rings (SSSR count). The molecular formula is C20H28FN3O3. The second-order valence-electron chi connectivity index (χ2n) is 7.13. The van der Waals surface area contributed by atoms with Gasteiger partial charge in [0.25, 0.3) is 0 Å². The maximum Gasteiger partial charge on any atom is 0.248 e. The van der Waals surface area contributed by atoms with E-state index < -0.39 is 0 Å². The minimum absolute atomic E-state index is 0.0224. The first kappa shape index (κ1) is 19.6. The van der Waals surface area contributed by atoms with Gasteiger partial charge in [-0.05, 0) is 37.1 Å². The third-order valence-corrected chi connectivity index (χ3v) is 5.23. The minimum Gasteiger partial charge on any atom is -0.368 e. The zero-order valence-corrected chi connectivity index (χ0v) is 15.7. The van der Waals surface area contributed by atoms with Crippen LogP contribution >= 0.6 is 0 Å². The van der Waals surface area contributed by atoms with Crippen LogP contribution in [0.2, 0.25) is 0 Å². The van der Waals surface area contributed by atoms with Crippen molar-refractivity contribution in [3.8, 4) is 0 Å². The second-order valence-corrected chi connectivity index (χ2v) is 7.13. The Kier molecular flexibility index (Phi) is 7.04. The maximum absolute atomic E-state index is 13.0. The van der Waals surface area contributed by atoms with Crippen LogP contribution in [0, 0.1) is 5.82 Å². The van der Waals surface area contributed by atoms with Crippen molar-refractivity contribution in [2.45, 2.75) is 25.7 Å². The van der Waals surface area contributed by atoms with Crippen molar-refractivity contribution in [2.24, 2.45) is 0 Å². The predicted molar refractivity (Wildman–Crippen MR) is 101 cm³/mol. The number of benzene rings is 1. The summed E-state index contributed by atoms with van der Waals surface area (Å²) in [6.07, 6.45) is 4.44. The number of piperazine rings is 1. The van der Waals surface area contributed by atoms with Crippen LogP contribution in [0.1, 0.15) is 25.7 Å². The third-order valence-electron chi connectivity index (χ3n) is 5.23. The average molecular weight is 377 g/mol. The highest BCUT2D eigenvalue weighted by atomic mass is 19.1. The van der Waals surface area contributed by atoms with E-state index in [1.165, 1.54) is 25.0 Å². The molecule has 0 aliphatic carbocycles. The van der Waals surface area contributed by atoms with Crippen LogP contribution in [-0.2, 0) is 14.3 Å². The smallest absolute Gasteiger partial charge is 0.248 e. The van der Waals surface area contributed by atoms with Crippen LogP contribution in [0.15, 0.2) is 24.3 Å². The van der Waals surface area contributed by atoms with Gasteiger partial charge < -0.3 is 19.4 Å². The van der Waals surface area contributed by atoms with Gasteiger partial charge in [-0.2, -0.15) is 0 Å². The zero-order valence-electron chi connectivity index (χ0n) is 15.7. The SMILES string of the molecule is O=C(COCC(=O)N1CCN(c2ccc(F)cc2)CC1)N1CCCCCC1. The fourth-order valence-electron chi connectivity index (χ4n) is 3.59. The quantitative estimate of drug-likeness (QED) is 0.786. The summed E-state index contributed by atoms with van der Waals surface area (Å²) < 4.78 is 18.4. The van der Waals surface area contributed by atoms with Crippen molar-refractivity contribution < 1.29 is 18.7 Å². The topological polar surface area (TPSA) is 53.1 Å². The predicted octanol–water partition coefficient (Wildman–Crippen LogP) is 1.89. The molecule has 2 saturated heterocycles. The van der Waals surface area contributed by atoms with Crippen LogP contribution in [0.5, 0.6) is 0 Å². The van der Waals surface area contributed by atoms with Gasteiger partial charge in [-0.15, -0.1) is 0 Å². The summed E-state index contributed by atoms with van der Waals surface area (Å²) in [4.78, 5) is 30.2. The molecule has 0 aromatic heterocycles. The van der Waals surface area contributed by atoms with Crippen LogP contribution < -0.4 is 4.90 Å². The Morgan fingerprint density at radius 1 is 0.778 bits per heavy atom. The number of amides is 2. The summed E-state index contributed by atoms with van der Waals surface area (Å²) in [5.74, 6) is -0.359. The second kappa shape index (κ2) is 9.69. The standard InChI is InChI=1S/C20H28FN3O3/c21-17-5-7-18(8-6-17)22-11-13-24(14-12-22)20(26)16-27-15-19(25)23-9-3-1-2-4-10-23/h5-8H,1-4,9-16H2. The molecule has 6 nitrogen and oxygen atoms in total. The fourth-order valence-corrected chi connectivity index (χ4v) is 3.59. The Morgan fingerprint density at radius 2 is 1.30 bits per heavy atom. The van der Waals surface area contributed by atoms with Crippen LogP contribution in [0.4, 0.5) is 10.1 Å². The summed E-state index contributed by atoms with van der Waals surface area (Å²) in [5, 5.41) is 0. The molecule has 7 heteroatoms. The van der Waals surface area contributed by atoms with E-state index in [0.717, 1.165) is 31.6 Å². The highest BCUT2D eigenvalue weighted by molar-refractivity contribution is 5.80. The van der Waals surface area contributed by atoms with E-state index >= 15 is 0 Å². The molecule has 2 aliphatic heterocycles. The highest BCUT2D eigenvalue weighted by Crippen LogP contribution is 2.17. The lowest BCUT2D eigenvalue weighted by atomic mass is 10.2. The highest BCUT2D eigenvalue weighted by Gasteiger charge is 2.22. The Balaban J connectivity index is 1.36. The monoisotopic (exact) mass is 377 g/mol. The van der Waals surface area contributed by atoms with Crippen LogP contribution in [-0.4, -0.2) is 74.1 Å². The number of ether oxygens (including phenoxy) is 1. The first-order valence-electron chi connectivity index (χ1n) is 9.77. The molecule has 2 fully saturated rings. The maximum atomic E-state index is 13.0. The van der Waals surface area contributed by atoms with Crippen LogP contribution in [0.25, 0.3) is 0 Å². The van der Waals surface area contributed by atoms with E-state index in [4.69, 9.17) is 4.74 Å². The number of anilines is 1. The van der Waals surface area contributed by atoms with Gasteiger partial charge in [0, 0.05) is 45.0 Å². The molecule has 2 heterocycles. The van der Waals surface area contributed by atoms with Gasteiger partial charge in [0.2, 0.25) is 11.8 Å². The Hall–Kier alpha value is -2.15. The van der Waals surface area contributed by atoms with Gasteiger partial charge in [0.05, 0.1) is 0 Å². The molecule has 0 N–H and O–H groups in total. The van der Waals surface area contributed by atoms with Crippen molar-refractivity contribution in [1.82, 2.24) is 9.80 Å². The van der Waals surface area contributed by atoms with Gasteiger partial charge in [-0.3, -0.25) is 9.59 Å². The molecule has 1 aromatic carbocycles. The molecule has 148 valence electrons. The molecular weight excluding hydrogens is 349 g/mol. The number of nitrogens with zero attached hydrogens (tertiary/aromatic N) is 3. The van der Waals surface area contributed by atoms with E-state index in [9.17, 15) is 14.0 Å². The lowest BCUT2D eigenvalue weighted by Gasteiger charge is -2.36. The van der Waals surface area contributed by atoms with Crippen molar-refractivity contribution in [3.63, 3.8) is 0 Å². The fraction of sp³-hybridized carbons (Fsp3) is 0.600. The summed E-state index contributed by atoms with van der Waals surface area (Å²) in [6, 6.07) is 6.40. The van der Waals surface area contributed by atoms with E-state index in [0.29, 0.717) is 26.2 Å². The minimum atomic E-state index is -0.251. The van der Waals surface area contributed by atoms with Crippen molar-refractivity contribution in [1.29, 1.82) is 0 Å². The summed E-state index contributed by atoms with van der Waals surface area (Å²) in [5.41, 5.74) is 0.961. The average Bonchev–Trinajstić information content (AvgIpc) is 2.98. The Labute approximate surface area is 159 Å². The summed E-state index contributed by atoms with van der Waals surface area (Å²) >= 11 is 0. The molecule has 0 saturated carbocycles. The van der Waals surface area contributed by atoms with E-state index in [2.05, 4.69) is 4.90 Å². The normalized spacial score (nSPS) is 18.3. The molecule has 0 atom stereocenters. The van der Waals surface area contributed by atoms with Crippen molar-refractivity contribution in [2.75, 3.05) is 57.4 Å². The van der Waals surface area contributed by atoms with Gasteiger partial charge in [-0.1, -0.05) is 12.8 Å². The van der Waals surface area contributed by atoms with Crippen molar-refractivity contribution >= 4 is 17.5 Å². The summed E-state index contributed by atoms with van der Waals surface area (Å²) in [6.45, 7) is 4.09. The first-order valence-corrected chi connectivity index (χ1v) is 9.77. The van der Waals surface area contributed by atoms with Gasteiger partial charge in [0.1, 0.15) is 19.0 Å². The number of rotatable bonds is 5.